The Labute approximate surface area is 232 Å². The van der Waals surface area contributed by atoms with E-state index >= 15 is 0 Å². The number of carbonyl (C=O) groups is 1. The molecule has 2 aliphatic heterocycles. The van der Waals surface area contributed by atoms with Crippen LogP contribution in [0.15, 0.2) is 76.8 Å². The number of amides is 1. The molecule has 5 rings (SSSR count). The molecule has 4 N–H and O–H groups in total. The minimum atomic E-state index is -1.25. The van der Waals surface area contributed by atoms with Crippen molar-refractivity contribution in [2.45, 2.75) is 20.0 Å². The summed E-state index contributed by atoms with van der Waals surface area (Å²) < 4.78 is 10.9. The summed E-state index contributed by atoms with van der Waals surface area (Å²) in [6.45, 7) is 6.16. The van der Waals surface area contributed by atoms with Gasteiger partial charge in [-0.3, -0.25) is 10.2 Å². The standard InChI is InChI=1S/C27H24N8O3.C2H6/c28-15-17-14-21(35-10-12-37-13-11-35)23(31-16-17)24(29)38-27(30)34-25-26(36)32-20-9-5-4-8-19(20)22(33-25)18-6-2-1-3-7-18;1-2/h1-9,14,16,25,29H,10-13H2,(H2,30,34)(H,32,36);1-2H3. The predicted octanol–water partition coefficient (Wildman–Crippen LogP) is 3.29. The number of aromatic nitrogens is 1. The van der Waals surface area contributed by atoms with Crippen molar-refractivity contribution < 1.29 is 14.3 Å². The summed E-state index contributed by atoms with van der Waals surface area (Å²) in [6, 6.07) is 20.1. The number of pyridine rings is 1. The topological polar surface area (TPSA) is 162 Å². The molecule has 0 spiro atoms. The number of benzodiazepines with no additional fused rings is 1. The van der Waals surface area contributed by atoms with Gasteiger partial charge in [0.05, 0.1) is 35.9 Å². The average Bonchev–Trinajstić information content (AvgIpc) is 3.14. The zero-order valence-corrected chi connectivity index (χ0v) is 22.3. The van der Waals surface area contributed by atoms with Gasteiger partial charge in [-0.15, -0.1) is 0 Å². The number of rotatable bonds is 4. The van der Waals surface area contributed by atoms with Crippen LogP contribution in [0.25, 0.3) is 0 Å². The molecule has 0 radical (unpaired) electrons. The highest BCUT2D eigenvalue weighted by molar-refractivity contribution is 6.19. The lowest BCUT2D eigenvalue weighted by Gasteiger charge is -2.30. The van der Waals surface area contributed by atoms with Gasteiger partial charge in [0.2, 0.25) is 12.1 Å². The van der Waals surface area contributed by atoms with Crippen LogP contribution in [0.5, 0.6) is 0 Å². The number of benzene rings is 2. The highest BCUT2D eigenvalue weighted by Gasteiger charge is 2.27. The molecule has 11 nitrogen and oxygen atoms in total. The van der Waals surface area contributed by atoms with Gasteiger partial charge in [0.25, 0.3) is 11.9 Å². The molecule has 3 aromatic rings. The van der Waals surface area contributed by atoms with Crippen molar-refractivity contribution in [1.82, 2.24) is 4.98 Å². The Balaban J connectivity index is 0.00000181. The number of amidine groups is 1. The summed E-state index contributed by atoms with van der Waals surface area (Å²) >= 11 is 0. The van der Waals surface area contributed by atoms with E-state index in [2.05, 4.69) is 26.4 Å². The zero-order chi connectivity index (χ0) is 28.5. The second kappa shape index (κ2) is 13.1. The van der Waals surface area contributed by atoms with Gasteiger partial charge in [-0.2, -0.15) is 10.3 Å². The van der Waals surface area contributed by atoms with Crippen molar-refractivity contribution in [3.63, 3.8) is 0 Å². The first kappa shape index (κ1) is 27.9. The minimum Gasteiger partial charge on any atom is -0.405 e. The molecule has 1 aromatic heterocycles. The highest BCUT2D eigenvalue weighted by atomic mass is 16.5. The number of fused-ring (bicyclic) bond motifs is 1. The van der Waals surface area contributed by atoms with Crippen LogP contribution in [0.2, 0.25) is 0 Å². The summed E-state index contributed by atoms with van der Waals surface area (Å²) in [4.78, 5) is 28.1. The normalized spacial score (nSPS) is 16.7. The van der Waals surface area contributed by atoms with Crippen LogP contribution in [0.3, 0.4) is 0 Å². The van der Waals surface area contributed by atoms with Gasteiger partial charge in [0.1, 0.15) is 11.8 Å². The van der Waals surface area contributed by atoms with Crippen LogP contribution in [-0.2, 0) is 14.3 Å². The SMILES string of the molecule is CC.N#Cc1cnc(C(=N)O/C(N)=N/C2N=C(c3ccccc3)c3ccccc3NC2=O)c(N2CCOCC2)c1. The van der Waals surface area contributed by atoms with E-state index < -0.39 is 18.1 Å². The fourth-order valence-corrected chi connectivity index (χ4v) is 4.19. The van der Waals surface area contributed by atoms with Crippen molar-refractivity contribution >= 4 is 34.9 Å². The number of carbonyl (C=O) groups excluding carboxylic acids is 1. The third-order valence-electron chi connectivity index (χ3n) is 5.99. The van der Waals surface area contributed by atoms with E-state index in [9.17, 15) is 10.1 Å². The van der Waals surface area contributed by atoms with Crippen molar-refractivity contribution in [3.05, 3.63) is 89.2 Å². The van der Waals surface area contributed by atoms with Crippen molar-refractivity contribution in [2.75, 3.05) is 36.5 Å². The number of anilines is 2. The van der Waals surface area contributed by atoms with Crippen LogP contribution in [0.4, 0.5) is 11.4 Å². The number of morpholine rings is 1. The molecule has 1 saturated heterocycles. The van der Waals surface area contributed by atoms with Crippen LogP contribution in [0, 0.1) is 16.7 Å². The lowest BCUT2D eigenvalue weighted by atomic mass is 10.0. The number of hydrogen-bond donors (Lipinski definition) is 3. The van der Waals surface area contributed by atoms with E-state index in [1.54, 1.807) is 12.1 Å². The molecule has 1 atom stereocenters. The molecular formula is C29H30N8O3. The van der Waals surface area contributed by atoms with Crippen LogP contribution >= 0.6 is 0 Å². The van der Waals surface area contributed by atoms with E-state index in [4.69, 9.17) is 20.6 Å². The predicted molar refractivity (Wildman–Crippen MR) is 154 cm³/mol. The third-order valence-corrected chi connectivity index (χ3v) is 5.99. The molecule has 40 heavy (non-hydrogen) atoms. The van der Waals surface area contributed by atoms with Crippen molar-refractivity contribution in [1.29, 1.82) is 10.7 Å². The zero-order valence-electron chi connectivity index (χ0n) is 22.3. The number of nitrogens with two attached hydrogens (primary N) is 1. The molecular weight excluding hydrogens is 508 g/mol. The highest BCUT2D eigenvalue weighted by Crippen LogP contribution is 2.25. The van der Waals surface area contributed by atoms with Gasteiger partial charge in [-0.05, 0) is 12.1 Å². The second-order valence-corrected chi connectivity index (χ2v) is 8.45. The summed E-state index contributed by atoms with van der Waals surface area (Å²) in [5, 5.41) is 20.7. The number of nitriles is 1. The van der Waals surface area contributed by atoms with Crippen LogP contribution < -0.4 is 16.0 Å². The summed E-state index contributed by atoms with van der Waals surface area (Å²) in [7, 11) is 0. The van der Waals surface area contributed by atoms with Crippen LogP contribution in [0.1, 0.15) is 36.2 Å². The fraction of sp³-hybridized carbons (Fsp3) is 0.241. The quantitative estimate of drug-likeness (QED) is 0.339. The fourth-order valence-electron chi connectivity index (χ4n) is 4.19. The maximum Gasteiger partial charge on any atom is 0.291 e. The Bertz CT molecular complexity index is 1470. The van der Waals surface area contributed by atoms with Gasteiger partial charge in [0, 0.05) is 30.4 Å². The Morgan fingerprint density at radius 1 is 1.18 bits per heavy atom. The van der Waals surface area contributed by atoms with Crippen LogP contribution in [-0.4, -0.2) is 61.0 Å². The minimum absolute atomic E-state index is 0.190. The molecule has 0 saturated carbocycles. The van der Waals surface area contributed by atoms with Gasteiger partial charge in [0.15, 0.2) is 0 Å². The molecule has 0 bridgehead atoms. The number of aliphatic imine (C=N–C) groups is 2. The number of ether oxygens (including phenoxy) is 2. The van der Waals surface area contributed by atoms with Gasteiger partial charge in [-0.25, -0.2) is 9.98 Å². The molecule has 1 unspecified atom stereocenters. The molecule has 2 aromatic carbocycles. The van der Waals surface area contributed by atoms with Gasteiger partial charge in [-0.1, -0.05) is 62.4 Å². The Morgan fingerprint density at radius 2 is 1.88 bits per heavy atom. The molecule has 3 heterocycles. The Hall–Kier alpha value is -5.08. The lowest BCUT2D eigenvalue weighted by Crippen LogP contribution is -2.37. The maximum absolute atomic E-state index is 13.0. The average molecular weight is 539 g/mol. The Kier molecular flexibility index (Phi) is 9.17. The lowest BCUT2D eigenvalue weighted by molar-refractivity contribution is -0.117. The first-order valence-electron chi connectivity index (χ1n) is 12.9. The van der Waals surface area contributed by atoms with E-state index in [0.717, 1.165) is 11.1 Å². The summed E-state index contributed by atoms with van der Waals surface area (Å²) in [5.41, 5.74) is 9.86. The summed E-state index contributed by atoms with van der Waals surface area (Å²) in [5.74, 6) is -0.867. The second-order valence-electron chi connectivity index (χ2n) is 8.45. The smallest absolute Gasteiger partial charge is 0.291 e. The number of nitrogens with one attached hydrogen (secondary N) is 2. The first-order chi connectivity index (χ1) is 19.5. The largest absolute Gasteiger partial charge is 0.405 e. The maximum atomic E-state index is 13.0. The number of nitrogens with zero attached hydrogens (tertiary/aromatic N) is 5. The Morgan fingerprint density at radius 3 is 2.60 bits per heavy atom. The first-order valence-corrected chi connectivity index (χ1v) is 12.9. The van der Waals surface area contributed by atoms with Crippen molar-refractivity contribution in [3.8, 4) is 6.07 Å². The third kappa shape index (κ3) is 6.31. The van der Waals surface area contributed by atoms with E-state index in [1.807, 2.05) is 67.3 Å². The molecule has 1 fully saturated rings. The van der Waals surface area contributed by atoms with Crippen molar-refractivity contribution in [2.24, 2.45) is 15.7 Å². The van der Waals surface area contributed by atoms with E-state index in [1.165, 1.54) is 6.20 Å². The van der Waals surface area contributed by atoms with E-state index in [0.29, 0.717) is 49.0 Å². The van der Waals surface area contributed by atoms with Gasteiger partial charge >= 0.3 is 0 Å². The molecule has 204 valence electrons. The molecule has 11 heteroatoms. The van der Waals surface area contributed by atoms with E-state index in [-0.39, 0.29) is 11.6 Å². The molecule has 0 aliphatic carbocycles. The molecule has 1 amide bonds. The monoisotopic (exact) mass is 538 g/mol. The number of para-hydroxylation sites is 1. The molecule has 2 aliphatic rings. The number of hydrogen-bond acceptors (Lipinski definition) is 9. The van der Waals surface area contributed by atoms with Gasteiger partial charge < -0.3 is 25.4 Å². The summed E-state index contributed by atoms with van der Waals surface area (Å²) in [6.07, 6.45) is 0.106.